The minimum atomic E-state index is -0.188. The number of nitrogens with one attached hydrogen (secondary N) is 1. The fourth-order valence-corrected chi connectivity index (χ4v) is 1.56. The van der Waals surface area contributed by atoms with Crippen LogP contribution in [0.1, 0.15) is 11.1 Å². The Morgan fingerprint density at radius 2 is 2.21 bits per heavy atom. The molecule has 1 heterocycles. The first-order chi connectivity index (χ1) is 9.24. The van der Waals surface area contributed by atoms with E-state index in [9.17, 15) is 9.90 Å². The van der Waals surface area contributed by atoms with Crippen LogP contribution in [-0.2, 0) is 11.3 Å². The average molecular weight is 254 g/mol. The van der Waals surface area contributed by atoms with Crippen LogP contribution in [0.25, 0.3) is 6.08 Å². The van der Waals surface area contributed by atoms with Crippen LogP contribution in [0.5, 0.6) is 5.75 Å². The zero-order valence-electron chi connectivity index (χ0n) is 10.3. The lowest BCUT2D eigenvalue weighted by atomic mass is 10.2. The van der Waals surface area contributed by atoms with Gasteiger partial charge >= 0.3 is 0 Å². The van der Waals surface area contributed by atoms with Gasteiger partial charge in [0.2, 0.25) is 5.91 Å². The highest BCUT2D eigenvalue weighted by Crippen LogP contribution is 2.10. The van der Waals surface area contributed by atoms with Crippen molar-refractivity contribution in [2.24, 2.45) is 0 Å². The topological polar surface area (TPSA) is 62.2 Å². The number of carbonyl (C=O) groups excluding carboxylic acids is 1. The number of aromatic hydroxyl groups is 1. The second kappa shape index (κ2) is 6.35. The number of phenols is 1. The van der Waals surface area contributed by atoms with Crippen LogP contribution in [0, 0.1) is 0 Å². The Hall–Kier alpha value is -2.62. The Balaban J connectivity index is 1.87. The van der Waals surface area contributed by atoms with Gasteiger partial charge in [-0.2, -0.15) is 0 Å². The molecule has 0 atom stereocenters. The number of benzene rings is 1. The Morgan fingerprint density at radius 3 is 2.95 bits per heavy atom. The molecule has 1 aromatic heterocycles. The van der Waals surface area contributed by atoms with Gasteiger partial charge in [0, 0.05) is 25.0 Å². The Morgan fingerprint density at radius 1 is 1.32 bits per heavy atom. The quantitative estimate of drug-likeness (QED) is 0.821. The van der Waals surface area contributed by atoms with Crippen molar-refractivity contribution in [2.75, 3.05) is 0 Å². The summed E-state index contributed by atoms with van der Waals surface area (Å²) in [7, 11) is 0. The molecule has 0 spiro atoms. The molecule has 19 heavy (non-hydrogen) atoms. The minimum Gasteiger partial charge on any atom is -0.508 e. The van der Waals surface area contributed by atoms with Crippen molar-refractivity contribution in [3.8, 4) is 5.75 Å². The highest BCUT2D eigenvalue weighted by molar-refractivity contribution is 5.91. The summed E-state index contributed by atoms with van der Waals surface area (Å²) in [5.41, 5.74) is 1.72. The maximum absolute atomic E-state index is 11.6. The van der Waals surface area contributed by atoms with E-state index in [0.29, 0.717) is 6.54 Å². The molecular weight excluding hydrogens is 240 g/mol. The SMILES string of the molecule is O=C(C=Cc1cccnc1)NCc1cccc(O)c1. The molecule has 2 N–H and O–H groups in total. The first kappa shape index (κ1) is 12.8. The molecule has 0 unspecified atom stereocenters. The van der Waals surface area contributed by atoms with Crippen LogP contribution >= 0.6 is 0 Å². The van der Waals surface area contributed by atoms with Crippen molar-refractivity contribution < 1.29 is 9.90 Å². The largest absolute Gasteiger partial charge is 0.508 e. The number of rotatable bonds is 4. The van der Waals surface area contributed by atoms with Crippen molar-refractivity contribution in [1.82, 2.24) is 10.3 Å². The summed E-state index contributed by atoms with van der Waals surface area (Å²) in [5, 5.41) is 12.0. The van der Waals surface area contributed by atoms with Crippen LogP contribution in [-0.4, -0.2) is 16.0 Å². The molecule has 0 bridgehead atoms. The molecule has 0 aliphatic rings. The number of pyridine rings is 1. The molecule has 4 nitrogen and oxygen atoms in total. The second-order valence-electron chi connectivity index (χ2n) is 4.01. The Labute approximate surface area is 111 Å². The Bertz CT molecular complexity index is 580. The van der Waals surface area contributed by atoms with Crippen molar-refractivity contribution in [3.63, 3.8) is 0 Å². The van der Waals surface area contributed by atoms with Crippen LogP contribution in [0.4, 0.5) is 0 Å². The molecule has 0 aliphatic carbocycles. The standard InChI is InChI=1S/C15H14N2O2/c18-14-5-1-3-13(9-14)11-17-15(19)7-6-12-4-2-8-16-10-12/h1-10,18H,11H2,(H,17,19). The van der Waals surface area contributed by atoms with E-state index in [-0.39, 0.29) is 11.7 Å². The van der Waals surface area contributed by atoms with Crippen LogP contribution in [0.15, 0.2) is 54.9 Å². The summed E-state index contributed by atoms with van der Waals surface area (Å²) >= 11 is 0. The zero-order valence-corrected chi connectivity index (χ0v) is 10.3. The lowest BCUT2D eigenvalue weighted by Crippen LogP contribution is -2.20. The summed E-state index contributed by atoms with van der Waals surface area (Å²) < 4.78 is 0. The highest BCUT2D eigenvalue weighted by atomic mass is 16.3. The van der Waals surface area contributed by atoms with Crippen LogP contribution < -0.4 is 5.32 Å². The van der Waals surface area contributed by atoms with E-state index >= 15 is 0 Å². The second-order valence-corrected chi connectivity index (χ2v) is 4.01. The van der Waals surface area contributed by atoms with Gasteiger partial charge in [-0.15, -0.1) is 0 Å². The molecule has 1 aromatic carbocycles. The van der Waals surface area contributed by atoms with Crippen molar-refractivity contribution in [2.45, 2.75) is 6.54 Å². The normalized spacial score (nSPS) is 10.5. The molecular formula is C15H14N2O2. The number of hydrogen-bond acceptors (Lipinski definition) is 3. The van der Waals surface area contributed by atoms with E-state index in [0.717, 1.165) is 11.1 Å². The summed E-state index contributed by atoms with van der Waals surface area (Å²) in [6, 6.07) is 10.5. The number of amides is 1. The fourth-order valence-electron chi connectivity index (χ4n) is 1.56. The van der Waals surface area contributed by atoms with E-state index in [2.05, 4.69) is 10.3 Å². The number of carbonyl (C=O) groups is 1. The van der Waals surface area contributed by atoms with Crippen molar-refractivity contribution in [3.05, 3.63) is 66.0 Å². The van der Waals surface area contributed by atoms with Gasteiger partial charge in [0.25, 0.3) is 0 Å². The lowest BCUT2D eigenvalue weighted by molar-refractivity contribution is -0.116. The fraction of sp³-hybridized carbons (Fsp3) is 0.0667. The van der Waals surface area contributed by atoms with Gasteiger partial charge in [-0.25, -0.2) is 0 Å². The van der Waals surface area contributed by atoms with E-state index in [1.807, 2.05) is 18.2 Å². The molecule has 0 fully saturated rings. The van der Waals surface area contributed by atoms with Crippen LogP contribution in [0.2, 0.25) is 0 Å². The number of hydrogen-bond donors (Lipinski definition) is 2. The molecule has 2 aromatic rings. The van der Waals surface area contributed by atoms with Gasteiger partial charge in [-0.05, 0) is 35.4 Å². The van der Waals surface area contributed by atoms with Crippen LogP contribution in [0.3, 0.4) is 0 Å². The monoisotopic (exact) mass is 254 g/mol. The first-order valence-corrected chi connectivity index (χ1v) is 5.88. The summed E-state index contributed by atoms with van der Waals surface area (Å²) in [6.07, 6.45) is 6.52. The summed E-state index contributed by atoms with van der Waals surface area (Å²) in [5.74, 6) is 0.00449. The van der Waals surface area contributed by atoms with E-state index in [1.165, 1.54) is 6.08 Å². The van der Waals surface area contributed by atoms with Gasteiger partial charge in [0.05, 0.1) is 0 Å². The van der Waals surface area contributed by atoms with Gasteiger partial charge in [-0.1, -0.05) is 18.2 Å². The zero-order chi connectivity index (χ0) is 13.5. The van der Waals surface area contributed by atoms with Gasteiger partial charge in [-0.3, -0.25) is 9.78 Å². The molecule has 1 amide bonds. The number of nitrogens with zero attached hydrogens (tertiary/aromatic N) is 1. The predicted molar refractivity (Wildman–Crippen MR) is 73.2 cm³/mol. The van der Waals surface area contributed by atoms with E-state index < -0.39 is 0 Å². The molecule has 0 saturated heterocycles. The third kappa shape index (κ3) is 4.27. The molecule has 0 radical (unpaired) electrons. The maximum Gasteiger partial charge on any atom is 0.244 e. The summed E-state index contributed by atoms with van der Waals surface area (Å²) in [4.78, 5) is 15.5. The van der Waals surface area contributed by atoms with Gasteiger partial charge in [0.15, 0.2) is 0 Å². The smallest absolute Gasteiger partial charge is 0.244 e. The first-order valence-electron chi connectivity index (χ1n) is 5.88. The van der Waals surface area contributed by atoms with E-state index in [4.69, 9.17) is 0 Å². The molecule has 4 heteroatoms. The minimum absolute atomic E-state index is 0.188. The molecule has 96 valence electrons. The predicted octanol–water partition coefficient (Wildman–Crippen LogP) is 2.12. The summed E-state index contributed by atoms with van der Waals surface area (Å²) in [6.45, 7) is 0.380. The van der Waals surface area contributed by atoms with Gasteiger partial charge < -0.3 is 10.4 Å². The Kier molecular flexibility index (Phi) is 4.29. The van der Waals surface area contributed by atoms with E-state index in [1.54, 1.807) is 36.7 Å². The number of phenolic OH excluding ortho intramolecular Hbond substituents is 1. The van der Waals surface area contributed by atoms with Crippen molar-refractivity contribution in [1.29, 1.82) is 0 Å². The van der Waals surface area contributed by atoms with Crippen molar-refractivity contribution >= 4 is 12.0 Å². The third-order valence-electron chi connectivity index (χ3n) is 2.49. The lowest BCUT2D eigenvalue weighted by Gasteiger charge is -2.02. The molecule has 0 saturated carbocycles. The average Bonchev–Trinajstić information content (AvgIpc) is 2.44. The number of aromatic nitrogens is 1. The van der Waals surface area contributed by atoms with Gasteiger partial charge in [0.1, 0.15) is 5.75 Å². The highest BCUT2D eigenvalue weighted by Gasteiger charge is 1.97. The third-order valence-corrected chi connectivity index (χ3v) is 2.49. The maximum atomic E-state index is 11.6. The molecule has 2 rings (SSSR count). The molecule has 0 aliphatic heterocycles.